The number of amides is 1. The molecule has 10 heteroatoms. The molecule has 2 N–H and O–H groups in total. The lowest BCUT2D eigenvalue weighted by molar-refractivity contribution is -0.138. The molecule has 1 aliphatic carbocycles. The molecule has 1 unspecified atom stereocenters. The molecule has 202 valence electrons. The Labute approximate surface area is 219 Å². The van der Waals surface area contributed by atoms with Gasteiger partial charge in [-0.15, -0.1) is 10.2 Å². The molecule has 0 spiro atoms. The molecule has 0 radical (unpaired) electrons. The summed E-state index contributed by atoms with van der Waals surface area (Å²) in [5.74, 6) is 0.306. The Morgan fingerprint density at radius 3 is 2.45 bits per heavy atom. The number of ether oxygens (including phenoxy) is 1. The molecule has 2 aliphatic rings. The molecule has 1 saturated carbocycles. The maximum Gasteiger partial charge on any atom is 0.416 e. The number of halogens is 3. The van der Waals surface area contributed by atoms with Gasteiger partial charge in [-0.1, -0.05) is 32.9 Å². The first-order valence-corrected chi connectivity index (χ1v) is 12.6. The monoisotopic (exact) mass is 527 g/mol. The van der Waals surface area contributed by atoms with Crippen LogP contribution in [0.25, 0.3) is 0 Å². The van der Waals surface area contributed by atoms with E-state index in [4.69, 9.17) is 10.5 Å². The van der Waals surface area contributed by atoms with Gasteiger partial charge >= 0.3 is 6.18 Å². The molecule has 1 aliphatic heterocycles. The van der Waals surface area contributed by atoms with Crippen LogP contribution in [0, 0.1) is 5.41 Å². The van der Waals surface area contributed by atoms with Crippen LogP contribution < -0.4 is 10.6 Å². The fraction of sp³-hybridized carbons (Fsp3) is 0.464. The topological polar surface area (TPSA) is 86.3 Å². The molecule has 0 saturated heterocycles. The summed E-state index contributed by atoms with van der Waals surface area (Å²) < 4.78 is 50.0. The van der Waals surface area contributed by atoms with Crippen molar-refractivity contribution in [2.24, 2.45) is 18.2 Å². The van der Waals surface area contributed by atoms with Crippen molar-refractivity contribution in [3.8, 4) is 0 Å². The van der Waals surface area contributed by atoms with E-state index in [9.17, 15) is 18.0 Å². The Bertz CT molecular complexity index is 1390. The van der Waals surface area contributed by atoms with Gasteiger partial charge in [-0.3, -0.25) is 4.79 Å². The molecule has 1 atom stereocenters. The number of fused-ring (bicyclic) bond motifs is 1. The number of aromatic nitrogens is 3. The fourth-order valence-corrected chi connectivity index (χ4v) is 5.69. The van der Waals surface area contributed by atoms with E-state index in [0.717, 1.165) is 17.5 Å². The lowest BCUT2D eigenvalue weighted by atomic mass is 9.62. The Morgan fingerprint density at radius 2 is 1.87 bits per heavy atom. The number of carbonyl (C=O) groups excluding carboxylic acids is 1. The van der Waals surface area contributed by atoms with Gasteiger partial charge in [0.15, 0.2) is 0 Å². The molecular formula is C28H32F3N5O2. The maximum absolute atomic E-state index is 14.2. The zero-order valence-electron chi connectivity index (χ0n) is 22.1. The molecule has 2 aromatic carbocycles. The smallest absolute Gasteiger partial charge is 0.381 e. The van der Waals surface area contributed by atoms with E-state index in [1.54, 1.807) is 19.5 Å². The van der Waals surface area contributed by atoms with Crippen molar-refractivity contribution in [1.82, 2.24) is 14.8 Å². The Balaban J connectivity index is 1.56. The predicted molar refractivity (Wildman–Crippen MR) is 137 cm³/mol. The summed E-state index contributed by atoms with van der Waals surface area (Å²) in [7, 11) is 3.54. The molecule has 3 aromatic rings. The maximum atomic E-state index is 14.2. The van der Waals surface area contributed by atoms with E-state index in [0.29, 0.717) is 24.1 Å². The molecule has 1 aromatic heterocycles. The van der Waals surface area contributed by atoms with Crippen molar-refractivity contribution in [3.05, 3.63) is 76.4 Å². The normalized spacial score (nSPS) is 22.4. The van der Waals surface area contributed by atoms with Crippen molar-refractivity contribution >= 4 is 11.6 Å². The molecule has 0 bridgehead atoms. The summed E-state index contributed by atoms with van der Waals surface area (Å²) in [4.78, 5) is 15.0. The number of hydrogen-bond donors (Lipinski definition) is 1. The van der Waals surface area contributed by atoms with Crippen LogP contribution in [0.2, 0.25) is 0 Å². The van der Waals surface area contributed by atoms with E-state index in [2.05, 4.69) is 10.2 Å². The quantitative estimate of drug-likeness (QED) is 0.497. The van der Waals surface area contributed by atoms with Crippen LogP contribution in [-0.2, 0) is 29.9 Å². The molecule has 38 heavy (non-hydrogen) atoms. The van der Waals surface area contributed by atoms with Crippen LogP contribution in [0.5, 0.6) is 0 Å². The third kappa shape index (κ3) is 4.19. The lowest BCUT2D eigenvalue weighted by Crippen LogP contribution is -2.48. The highest BCUT2D eigenvalue weighted by Gasteiger charge is 2.50. The summed E-state index contributed by atoms with van der Waals surface area (Å²) in [6, 6.07) is 9.37. The third-order valence-electron chi connectivity index (χ3n) is 8.00. The van der Waals surface area contributed by atoms with E-state index in [-0.39, 0.29) is 23.8 Å². The number of hydrogen-bond acceptors (Lipinski definition) is 5. The molecule has 5 rings (SSSR count). The van der Waals surface area contributed by atoms with Gasteiger partial charge < -0.3 is 19.9 Å². The molecule has 1 amide bonds. The Hall–Kier alpha value is -3.24. The van der Waals surface area contributed by atoms with E-state index < -0.39 is 34.5 Å². The van der Waals surface area contributed by atoms with E-state index >= 15 is 0 Å². The molecule has 2 heterocycles. The minimum absolute atomic E-state index is 0.0242. The average Bonchev–Trinajstić information content (AvgIpc) is 3.40. The van der Waals surface area contributed by atoms with Gasteiger partial charge in [0, 0.05) is 31.5 Å². The minimum atomic E-state index is -4.62. The van der Waals surface area contributed by atoms with Crippen molar-refractivity contribution in [2.45, 2.75) is 63.9 Å². The standard InChI is InChI=1S/C28H32F3N5O2/c1-26(2,3)23(32)16-9-20-21(22(10-16)28(29,30)31)14-36(24(20)37)18-8-6-7-17(11-18)27(12-19(13-27)38-5)25-34-33-15-35(25)4/h6-11,15,19,23H,12-14,32H2,1-5H3/t19-,23?,27-. The third-order valence-corrected chi connectivity index (χ3v) is 8.00. The van der Waals surface area contributed by atoms with Crippen molar-refractivity contribution < 1.29 is 22.7 Å². The van der Waals surface area contributed by atoms with Crippen LogP contribution in [0.1, 0.15) is 78.1 Å². The number of alkyl halides is 3. The first-order valence-electron chi connectivity index (χ1n) is 12.6. The summed E-state index contributed by atoms with van der Waals surface area (Å²) >= 11 is 0. The fourth-order valence-electron chi connectivity index (χ4n) is 5.69. The second-order valence-electron chi connectivity index (χ2n) is 11.5. The largest absolute Gasteiger partial charge is 0.416 e. The van der Waals surface area contributed by atoms with Gasteiger partial charge in [-0.25, -0.2) is 0 Å². The molecule has 7 nitrogen and oxygen atoms in total. The number of methoxy groups -OCH3 is 1. The highest BCUT2D eigenvalue weighted by Crippen LogP contribution is 2.50. The van der Waals surface area contributed by atoms with Gasteiger partial charge in [0.1, 0.15) is 12.2 Å². The van der Waals surface area contributed by atoms with Gasteiger partial charge in [-0.05, 0) is 59.2 Å². The van der Waals surface area contributed by atoms with E-state index in [1.165, 1.54) is 11.0 Å². The van der Waals surface area contributed by atoms with E-state index in [1.807, 2.05) is 50.6 Å². The van der Waals surface area contributed by atoms with Crippen LogP contribution >= 0.6 is 0 Å². The Morgan fingerprint density at radius 1 is 1.16 bits per heavy atom. The first-order chi connectivity index (χ1) is 17.8. The number of anilines is 1. The number of carbonyl (C=O) groups is 1. The number of nitrogens with zero attached hydrogens (tertiary/aromatic N) is 4. The summed E-state index contributed by atoms with van der Waals surface area (Å²) in [6.45, 7) is 5.41. The summed E-state index contributed by atoms with van der Waals surface area (Å²) in [6.07, 6.45) is -1.57. The van der Waals surface area contributed by atoms with Crippen LogP contribution in [-0.4, -0.2) is 33.9 Å². The first kappa shape index (κ1) is 26.4. The summed E-state index contributed by atoms with van der Waals surface area (Å²) in [5, 5.41) is 8.40. The van der Waals surface area contributed by atoms with Crippen LogP contribution in [0.15, 0.2) is 42.7 Å². The van der Waals surface area contributed by atoms with Crippen LogP contribution in [0.3, 0.4) is 0 Å². The van der Waals surface area contributed by atoms with Crippen molar-refractivity contribution in [1.29, 1.82) is 0 Å². The second kappa shape index (κ2) is 8.91. The van der Waals surface area contributed by atoms with Crippen LogP contribution in [0.4, 0.5) is 18.9 Å². The zero-order chi connectivity index (χ0) is 27.6. The Kier molecular flexibility index (Phi) is 6.18. The van der Waals surface area contributed by atoms with Crippen molar-refractivity contribution in [3.63, 3.8) is 0 Å². The van der Waals surface area contributed by atoms with Gasteiger partial charge in [0.2, 0.25) is 0 Å². The number of nitrogens with two attached hydrogens (primary N) is 1. The SMILES string of the molecule is CO[C@H]1C[C@](c2cccc(N3Cc4c(cc(C(N)C(C)(C)C)cc4C(F)(F)F)C3=O)c2)(c2nncn2C)C1. The highest BCUT2D eigenvalue weighted by atomic mass is 19.4. The minimum Gasteiger partial charge on any atom is -0.381 e. The van der Waals surface area contributed by atoms with Gasteiger partial charge in [0.05, 0.1) is 23.6 Å². The number of aryl methyl sites for hydroxylation is 1. The predicted octanol–water partition coefficient (Wildman–Crippen LogP) is 5.14. The summed E-state index contributed by atoms with van der Waals surface area (Å²) in [5.41, 5.74) is 6.32. The highest BCUT2D eigenvalue weighted by molar-refractivity contribution is 6.10. The second-order valence-corrected chi connectivity index (χ2v) is 11.5. The van der Waals surface area contributed by atoms with Crippen molar-refractivity contribution in [2.75, 3.05) is 12.0 Å². The molecular weight excluding hydrogens is 495 g/mol. The van der Waals surface area contributed by atoms with Gasteiger partial charge in [-0.2, -0.15) is 13.2 Å². The lowest BCUT2D eigenvalue weighted by Gasteiger charge is -2.46. The zero-order valence-corrected chi connectivity index (χ0v) is 22.1. The average molecular weight is 528 g/mol. The number of rotatable bonds is 5. The van der Waals surface area contributed by atoms with Gasteiger partial charge in [0.25, 0.3) is 5.91 Å². The number of benzene rings is 2. The molecule has 1 fully saturated rings.